The van der Waals surface area contributed by atoms with Gasteiger partial charge in [0.1, 0.15) is 0 Å². The quantitative estimate of drug-likeness (QED) is 0.0276. The van der Waals surface area contributed by atoms with Gasteiger partial charge in [0.15, 0.2) is 0 Å². The molecule has 1 unspecified atom stereocenters. The maximum absolute atomic E-state index is 5.48. The van der Waals surface area contributed by atoms with Crippen molar-refractivity contribution in [3.8, 4) is 0 Å². The molecule has 1 N–H and O–H groups in total. The van der Waals surface area contributed by atoms with Crippen LogP contribution >= 0.6 is 22.5 Å². The molecule has 0 aromatic rings. The van der Waals surface area contributed by atoms with E-state index >= 15 is 0 Å². The van der Waals surface area contributed by atoms with Gasteiger partial charge in [-0.05, 0) is 77.5 Å². The molecule has 0 aliphatic rings. The number of nitrogens with zero attached hydrogens (tertiary/aromatic N) is 2. The Balaban J connectivity index is -0.00000222. The smallest absolute Gasteiger partial charge is 0.0721 e. The van der Waals surface area contributed by atoms with Gasteiger partial charge in [0.2, 0.25) is 0 Å². The van der Waals surface area contributed by atoms with Crippen molar-refractivity contribution in [2.24, 2.45) is 0 Å². The monoisotopic (exact) mass is 850 g/mol. The maximum Gasteiger partial charge on any atom is 0.0721 e. The van der Waals surface area contributed by atoms with E-state index in [1.54, 1.807) is 0 Å². The Labute approximate surface area is 371 Å². The first-order valence-corrected chi connectivity index (χ1v) is 26.4. The summed E-state index contributed by atoms with van der Waals surface area (Å²) in [5.41, 5.74) is 2.62. The molecule has 0 saturated heterocycles. The molecular formula is C50H112N3O2PS. The zero-order valence-electron chi connectivity index (χ0n) is 40.8. The summed E-state index contributed by atoms with van der Waals surface area (Å²) in [5.74, 6) is 0.944. The molecule has 0 aromatic heterocycles. The van der Waals surface area contributed by atoms with E-state index in [1.165, 1.54) is 245 Å². The van der Waals surface area contributed by atoms with E-state index in [0.717, 1.165) is 18.7 Å². The van der Waals surface area contributed by atoms with Crippen LogP contribution in [0.15, 0.2) is 0 Å². The van der Waals surface area contributed by atoms with Crippen LogP contribution in [-0.2, 0) is 9.68 Å². The topological polar surface area (TPSA) is 37.0 Å². The number of hydrogen-bond donors (Lipinski definition) is 2. The molecule has 0 saturated carbocycles. The normalized spacial score (nSPS) is 11.1. The molecule has 0 aliphatic heterocycles. The Morgan fingerprint density at radius 1 is 0.333 bits per heavy atom. The van der Waals surface area contributed by atoms with Gasteiger partial charge in [-0.1, -0.05) is 233 Å². The molecule has 0 amide bonds. The molecular weight excluding hydrogens is 738 g/mol. The van der Waals surface area contributed by atoms with Crippen molar-refractivity contribution >= 4 is 22.5 Å². The third-order valence-electron chi connectivity index (χ3n) is 10.9. The minimum atomic E-state index is 0. The van der Waals surface area contributed by atoms with E-state index in [0.29, 0.717) is 13.2 Å². The van der Waals surface area contributed by atoms with Gasteiger partial charge in [-0.2, -0.15) is 22.5 Å². The van der Waals surface area contributed by atoms with Crippen molar-refractivity contribution in [2.45, 2.75) is 267 Å². The van der Waals surface area contributed by atoms with Crippen molar-refractivity contribution < 1.29 is 9.68 Å². The molecule has 0 bridgehead atoms. The summed E-state index contributed by atoms with van der Waals surface area (Å²) < 4.78 is 0. The number of nitrogens with one attached hydrogen (secondary N) is 1. The summed E-state index contributed by atoms with van der Waals surface area (Å²) in [7, 11) is 0. The van der Waals surface area contributed by atoms with Gasteiger partial charge in [-0.25, -0.2) is 0 Å². The first-order valence-electron chi connectivity index (χ1n) is 25.7. The Hall–Kier alpha value is 0.580. The van der Waals surface area contributed by atoms with Crippen LogP contribution in [0.2, 0.25) is 0 Å². The van der Waals surface area contributed by atoms with Crippen LogP contribution in [-0.4, -0.2) is 68.0 Å². The zero-order chi connectivity index (χ0) is 41.7. The molecule has 0 radical (unpaired) electrons. The zero-order valence-corrected chi connectivity index (χ0v) is 43.1. The molecule has 0 rings (SSSR count). The molecule has 0 heterocycles. The largest absolute Gasteiger partial charge is 0.303 e. The summed E-state index contributed by atoms with van der Waals surface area (Å²) >= 11 is 3.79. The average Bonchev–Trinajstić information content (AvgIpc) is 3.21. The summed E-state index contributed by atoms with van der Waals surface area (Å²) in [6.45, 7) is 23.7. The first-order chi connectivity index (χ1) is 27.7. The van der Waals surface area contributed by atoms with E-state index in [-0.39, 0.29) is 9.90 Å². The highest BCUT2D eigenvalue weighted by Gasteiger charge is 2.09. The predicted octanol–water partition coefficient (Wildman–Crippen LogP) is 16.4. The third kappa shape index (κ3) is 61.0. The van der Waals surface area contributed by atoms with Gasteiger partial charge in [0, 0.05) is 6.54 Å². The van der Waals surface area contributed by atoms with Crippen LogP contribution in [0, 0.1) is 0 Å². The highest BCUT2D eigenvalue weighted by atomic mass is 32.1. The van der Waals surface area contributed by atoms with E-state index in [4.69, 9.17) is 9.68 Å². The van der Waals surface area contributed by atoms with Gasteiger partial charge in [0.05, 0.1) is 13.2 Å². The first kappa shape index (κ1) is 64.2. The van der Waals surface area contributed by atoms with E-state index in [2.05, 4.69) is 48.8 Å². The van der Waals surface area contributed by atoms with Gasteiger partial charge < -0.3 is 9.80 Å². The van der Waals surface area contributed by atoms with E-state index in [1.807, 2.05) is 27.7 Å². The lowest BCUT2D eigenvalue weighted by molar-refractivity contribution is -0.168. The fraction of sp³-hybridized carbons (Fsp3) is 1.00. The third-order valence-corrected chi connectivity index (χ3v) is 10.9. The Morgan fingerprint density at radius 3 is 0.825 bits per heavy atom. The van der Waals surface area contributed by atoms with Crippen LogP contribution < -0.4 is 5.64 Å². The molecule has 0 spiro atoms. The Kier molecular flexibility index (Phi) is 71.2. The van der Waals surface area contributed by atoms with Gasteiger partial charge >= 0.3 is 0 Å². The molecule has 0 fully saturated rings. The molecule has 5 nitrogen and oxygen atoms in total. The van der Waals surface area contributed by atoms with Crippen LogP contribution in [0.5, 0.6) is 0 Å². The van der Waals surface area contributed by atoms with Crippen molar-refractivity contribution in [1.82, 2.24) is 15.4 Å². The molecule has 350 valence electrons. The van der Waals surface area contributed by atoms with E-state index < -0.39 is 0 Å². The maximum atomic E-state index is 5.48. The lowest BCUT2D eigenvalue weighted by atomic mass is 10.1. The van der Waals surface area contributed by atoms with E-state index in [9.17, 15) is 0 Å². The van der Waals surface area contributed by atoms with Gasteiger partial charge in [-0.15, -0.1) is 0 Å². The van der Waals surface area contributed by atoms with Crippen LogP contribution in [0.4, 0.5) is 0 Å². The second kappa shape index (κ2) is 63.2. The van der Waals surface area contributed by atoms with Crippen LogP contribution in [0.1, 0.15) is 267 Å². The lowest BCUT2D eigenvalue weighted by Crippen LogP contribution is -2.33. The summed E-state index contributed by atoms with van der Waals surface area (Å²) in [4.78, 5) is 16.2. The van der Waals surface area contributed by atoms with Gasteiger partial charge in [0.25, 0.3) is 0 Å². The average molecular weight is 851 g/mol. The molecule has 0 aliphatic carbocycles. The highest BCUT2D eigenvalue weighted by molar-refractivity contribution is 7.80. The number of rotatable bonds is 46. The van der Waals surface area contributed by atoms with Crippen LogP contribution in [0.25, 0.3) is 0 Å². The second-order valence-electron chi connectivity index (χ2n) is 16.3. The number of thiol groups is 1. The number of unbranched alkanes of at least 4 members (excludes halogenated alkanes) is 29. The predicted molar refractivity (Wildman–Crippen MR) is 270 cm³/mol. The highest BCUT2D eigenvalue weighted by Crippen LogP contribution is 2.15. The minimum Gasteiger partial charge on any atom is -0.303 e. The van der Waals surface area contributed by atoms with Crippen molar-refractivity contribution in [2.75, 3.05) is 58.2 Å². The second-order valence-corrected chi connectivity index (χ2v) is 17.0. The Bertz CT molecular complexity index is 610. The van der Waals surface area contributed by atoms with Crippen molar-refractivity contribution in [1.29, 1.82) is 0 Å². The Morgan fingerprint density at radius 2 is 0.561 bits per heavy atom. The molecule has 0 aromatic carbocycles. The minimum absolute atomic E-state index is 0. The standard InChI is InChI=1S/C46H97N3O2.C2H6S.C2H6.H3P/c1-5-9-12-15-18-21-24-27-30-32-35-40-48(41-36-33-31-28-25-22-19-16-13-10-6-2)43-38-44-49(45-39-46-51-47-50-8-4)42-37-34-29-26-23-20-17-14-11-7-3;1-2-3;1-2;/h47H,5-46H2,1-4H3;3H,2H2,1H3;1-2H3;1H3. The SMILES string of the molecule is CC.CCCCCCCCCCCCCN(CCCCCCCCCCCCC)CCCN(CCCCCCCCCCCC)CCCONOCC.CCS.P. The summed E-state index contributed by atoms with van der Waals surface area (Å²) in [5, 5.41) is 0. The lowest BCUT2D eigenvalue weighted by Gasteiger charge is -2.26. The van der Waals surface area contributed by atoms with Gasteiger partial charge in [-0.3, -0.25) is 9.68 Å². The molecule has 1 atom stereocenters. The van der Waals surface area contributed by atoms with Crippen LogP contribution in [0.3, 0.4) is 0 Å². The summed E-state index contributed by atoms with van der Waals surface area (Å²) in [6.07, 6.45) is 48.0. The fourth-order valence-corrected chi connectivity index (χ4v) is 7.51. The molecule has 7 heteroatoms. The summed E-state index contributed by atoms with van der Waals surface area (Å²) in [6, 6.07) is 0. The van der Waals surface area contributed by atoms with Crippen molar-refractivity contribution in [3.05, 3.63) is 0 Å². The molecule has 57 heavy (non-hydrogen) atoms. The number of hydrogen-bond acceptors (Lipinski definition) is 6. The fourth-order valence-electron chi connectivity index (χ4n) is 7.51. The van der Waals surface area contributed by atoms with Crippen molar-refractivity contribution in [3.63, 3.8) is 0 Å².